The molecule has 0 saturated carbocycles. The average molecular weight is 267 g/mol. The highest BCUT2D eigenvalue weighted by Gasteiger charge is 2.12. The maximum atomic E-state index is 11.6. The first kappa shape index (κ1) is 10.4. The lowest BCUT2D eigenvalue weighted by Gasteiger charge is -1.96. The van der Waals surface area contributed by atoms with Crippen molar-refractivity contribution >= 4 is 32.6 Å². The minimum absolute atomic E-state index is 0.0251. The van der Waals surface area contributed by atoms with Gasteiger partial charge in [0.15, 0.2) is 5.78 Å². The maximum absolute atomic E-state index is 11.6. The molecule has 0 spiro atoms. The minimum atomic E-state index is -0.0251. The van der Waals surface area contributed by atoms with Crippen molar-refractivity contribution < 1.29 is 4.79 Å². The molecule has 1 heterocycles. The van der Waals surface area contributed by atoms with Crippen LogP contribution in [0.2, 0.25) is 0 Å². The van der Waals surface area contributed by atoms with Crippen LogP contribution >= 0.6 is 15.9 Å². The van der Waals surface area contributed by atoms with Gasteiger partial charge in [-0.2, -0.15) is 0 Å². The number of halogens is 1. The Hall–Kier alpha value is -1.13. The van der Waals surface area contributed by atoms with Crippen molar-refractivity contribution in [1.82, 2.24) is 4.57 Å². The monoisotopic (exact) mass is 266 g/mol. The summed E-state index contributed by atoms with van der Waals surface area (Å²) in [5, 5.41) is 0.955. The molecule has 2 rings (SSSR count). The third kappa shape index (κ3) is 1.70. The first-order valence-electron chi connectivity index (χ1n) is 4.61. The number of aromatic nitrogens is 1. The van der Waals surface area contributed by atoms with Crippen LogP contribution in [0.25, 0.3) is 10.9 Å². The Morgan fingerprint density at radius 3 is 2.93 bits per heavy atom. The number of fused-ring (bicyclic) bond motifs is 1. The summed E-state index contributed by atoms with van der Waals surface area (Å²) >= 11 is 3.41. The molecule has 78 valence electrons. The number of nitrogens with two attached hydrogens (primary N) is 1. The summed E-state index contributed by atoms with van der Waals surface area (Å²) in [5.74, 6) is -0.0251. The van der Waals surface area contributed by atoms with E-state index in [1.807, 2.05) is 36.0 Å². The first-order valence-corrected chi connectivity index (χ1v) is 5.40. The molecule has 0 aliphatic rings. The zero-order valence-electron chi connectivity index (χ0n) is 8.33. The van der Waals surface area contributed by atoms with Crippen molar-refractivity contribution in [2.45, 2.75) is 0 Å². The van der Waals surface area contributed by atoms with E-state index in [2.05, 4.69) is 15.9 Å². The number of aryl methyl sites for hydroxylation is 1. The van der Waals surface area contributed by atoms with E-state index in [0.717, 1.165) is 15.4 Å². The molecule has 0 fully saturated rings. The van der Waals surface area contributed by atoms with Crippen molar-refractivity contribution in [3.63, 3.8) is 0 Å². The van der Waals surface area contributed by atoms with Crippen LogP contribution in [0, 0.1) is 0 Å². The quantitative estimate of drug-likeness (QED) is 0.847. The second-order valence-electron chi connectivity index (χ2n) is 3.44. The third-order valence-electron chi connectivity index (χ3n) is 2.44. The Bertz CT molecular complexity index is 531. The lowest BCUT2D eigenvalue weighted by molar-refractivity contribution is 0.100. The molecule has 1 aromatic heterocycles. The van der Waals surface area contributed by atoms with E-state index in [1.165, 1.54) is 0 Å². The van der Waals surface area contributed by atoms with Gasteiger partial charge in [0, 0.05) is 34.2 Å². The summed E-state index contributed by atoms with van der Waals surface area (Å²) in [6.07, 6.45) is 1.83. The van der Waals surface area contributed by atoms with Crippen LogP contribution in [0.3, 0.4) is 0 Å². The Kier molecular flexibility index (Phi) is 2.63. The predicted molar refractivity (Wildman–Crippen MR) is 64.0 cm³/mol. The zero-order chi connectivity index (χ0) is 11.0. The van der Waals surface area contributed by atoms with E-state index in [9.17, 15) is 4.79 Å². The molecule has 15 heavy (non-hydrogen) atoms. The highest BCUT2D eigenvalue weighted by molar-refractivity contribution is 9.10. The number of rotatable bonds is 2. The van der Waals surface area contributed by atoms with Crippen molar-refractivity contribution in [2.75, 3.05) is 6.54 Å². The number of carbonyl (C=O) groups excluding carboxylic acids is 1. The highest BCUT2D eigenvalue weighted by atomic mass is 79.9. The van der Waals surface area contributed by atoms with Gasteiger partial charge >= 0.3 is 0 Å². The molecular formula is C11H11BrN2O. The SMILES string of the molecule is Cn1cc(C(=O)CN)c2ccc(Br)cc21. The van der Waals surface area contributed by atoms with E-state index in [-0.39, 0.29) is 12.3 Å². The Morgan fingerprint density at radius 2 is 2.27 bits per heavy atom. The van der Waals surface area contributed by atoms with Crippen LogP contribution in [0.5, 0.6) is 0 Å². The molecule has 0 unspecified atom stereocenters. The fraction of sp³-hybridized carbons (Fsp3) is 0.182. The lowest BCUT2D eigenvalue weighted by Crippen LogP contribution is -2.12. The van der Waals surface area contributed by atoms with Crippen LogP contribution < -0.4 is 5.73 Å². The second kappa shape index (κ2) is 3.79. The number of ketones is 1. The van der Waals surface area contributed by atoms with Gasteiger partial charge in [-0.3, -0.25) is 4.79 Å². The molecular weight excluding hydrogens is 256 g/mol. The molecule has 2 aromatic rings. The van der Waals surface area contributed by atoms with Crippen molar-refractivity contribution in [1.29, 1.82) is 0 Å². The number of hydrogen-bond donors (Lipinski definition) is 1. The summed E-state index contributed by atoms with van der Waals surface area (Å²) < 4.78 is 2.94. The van der Waals surface area contributed by atoms with Gasteiger partial charge in [-0.25, -0.2) is 0 Å². The van der Waals surface area contributed by atoms with Crippen molar-refractivity contribution in [3.8, 4) is 0 Å². The second-order valence-corrected chi connectivity index (χ2v) is 4.36. The molecule has 0 atom stereocenters. The molecule has 0 bridgehead atoms. The molecule has 0 aliphatic heterocycles. The van der Waals surface area contributed by atoms with Gasteiger partial charge < -0.3 is 10.3 Å². The predicted octanol–water partition coefficient (Wildman–Crippen LogP) is 2.08. The van der Waals surface area contributed by atoms with E-state index in [1.54, 1.807) is 0 Å². The first-order chi connectivity index (χ1) is 7.13. The topological polar surface area (TPSA) is 48.0 Å². The summed E-state index contributed by atoms with van der Waals surface area (Å²) in [5.41, 5.74) is 7.09. The van der Waals surface area contributed by atoms with Crippen molar-refractivity contribution in [2.24, 2.45) is 12.8 Å². The van der Waals surface area contributed by atoms with Gasteiger partial charge in [0.05, 0.1) is 6.54 Å². The van der Waals surface area contributed by atoms with Gasteiger partial charge in [0.25, 0.3) is 0 Å². The summed E-state index contributed by atoms with van der Waals surface area (Å²) in [6.45, 7) is 0.0508. The van der Waals surface area contributed by atoms with Gasteiger partial charge in [-0.1, -0.05) is 22.0 Å². The molecule has 0 amide bonds. The van der Waals surface area contributed by atoms with Gasteiger partial charge in [0.2, 0.25) is 0 Å². The zero-order valence-corrected chi connectivity index (χ0v) is 9.91. The Balaban J connectivity index is 2.73. The molecule has 0 aliphatic carbocycles. The van der Waals surface area contributed by atoms with Crippen molar-refractivity contribution in [3.05, 3.63) is 34.4 Å². The van der Waals surface area contributed by atoms with Crippen LogP contribution in [0.15, 0.2) is 28.9 Å². The molecule has 0 radical (unpaired) electrons. The van der Waals surface area contributed by atoms with E-state index >= 15 is 0 Å². The fourth-order valence-corrected chi connectivity index (χ4v) is 2.04. The maximum Gasteiger partial charge on any atom is 0.178 e. The van der Waals surface area contributed by atoms with Crippen LogP contribution in [0.1, 0.15) is 10.4 Å². The van der Waals surface area contributed by atoms with E-state index < -0.39 is 0 Å². The number of benzene rings is 1. The number of nitrogens with zero attached hydrogens (tertiary/aromatic N) is 1. The Morgan fingerprint density at radius 1 is 1.53 bits per heavy atom. The summed E-state index contributed by atoms with van der Waals surface area (Å²) in [4.78, 5) is 11.6. The molecule has 1 aromatic carbocycles. The third-order valence-corrected chi connectivity index (χ3v) is 2.93. The van der Waals surface area contributed by atoms with Gasteiger partial charge in [-0.05, 0) is 12.1 Å². The van der Waals surface area contributed by atoms with E-state index in [0.29, 0.717) is 5.56 Å². The minimum Gasteiger partial charge on any atom is -0.350 e. The molecule has 3 nitrogen and oxygen atoms in total. The normalized spacial score (nSPS) is 10.9. The average Bonchev–Trinajstić information content (AvgIpc) is 2.55. The summed E-state index contributed by atoms with van der Waals surface area (Å²) in [7, 11) is 1.92. The lowest BCUT2D eigenvalue weighted by atomic mass is 10.1. The van der Waals surface area contributed by atoms with Gasteiger partial charge in [0.1, 0.15) is 0 Å². The largest absolute Gasteiger partial charge is 0.350 e. The number of hydrogen-bond acceptors (Lipinski definition) is 2. The van der Waals surface area contributed by atoms with Gasteiger partial charge in [-0.15, -0.1) is 0 Å². The van der Waals surface area contributed by atoms with E-state index in [4.69, 9.17) is 5.73 Å². The van der Waals surface area contributed by atoms with Crippen LogP contribution in [0.4, 0.5) is 0 Å². The van der Waals surface area contributed by atoms with Crippen LogP contribution in [-0.4, -0.2) is 16.9 Å². The smallest absolute Gasteiger partial charge is 0.178 e. The van der Waals surface area contributed by atoms with Crippen LogP contribution in [-0.2, 0) is 7.05 Å². The summed E-state index contributed by atoms with van der Waals surface area (Å²) in [6, 6.07) is 5.85. The Labute approximate surface area is 96.0 Å². The number of Topliss-reactive ketones (excluding diaryl/α,β-unsaturated/α-hetero) is 1. The molecule has 4 heteroatoms. The fourth-order valence-electron chi connectivity index (χ4n) is 1.69. The number of carbonyl (C=O) groups is 1. The highest BCUT2D eigenvalue weighted by Crippen LogP contribution is 2.24. The standard InChI is InChI=1S/C11H11BrN2O/c1-14-6-9(11(15)5-13)8-3-2-7(12)4-10(8)14/h2-4,6H,5,13H2,1H3. The molecule has 2 N–H and O–H groups in total. The molecule has 0 saturated heterocycles.